The molecule has 0 aliphatic carbocycles. The number of hydrogen-bond acceptors (Lipinski definition) is 4. The average Bonchev–Trinajstić information content (AvgIpc) is 2.93. The monoisotopic (exact) mass is 286 g/mol. The van der Waals surface area contributed by atoms with Crippen molar-refractivity contribution >= 4 is 11.6 Å². The van der Waals surface area contributed by atoms with E-state index in [0.717, 1.165) is 35.5 Å². The number of carbonyl (C=O) groups excluding carboxylic acids is 1. The molecule has 0 fully saturated rings. The van der Waals surface area contributed by atoms with Gasteiger partial charge in [0.15, 0.2) is 5.69 Å². The minimum Gasteiger partial charge on any atom is -0.396 e. The van der Waals surface area contributed by atoms with E-state index in [2.05, 4.69) is 20.8 Å². The van der Waals surface area contributed by atoms with Gasteiger partial charge in [-0.15, -0.1) is 0 Å². The lowest BCUT2D eigenvalue weighted by molar-refractivity contribution is 0.102. The van der Waals surface area contributed by atoms with Gasteiger partial charge in [0.2, 0.25) is 0 Å². The molecule has 110 valence electrons. The summed E-state index contributed by atoms with van der Waals surface area (Å²) in [4.78, 5) is 12.3. The Morgan fingerprint density at radius 3 is 2.90 bits per heavy atom. The molecule has 6 heteroatoms. The number of nitrogens with one attached hydrogen (secondary N) is 3. The van der Waals surface area contributed by atoms with Gasteiger partial charge in [-0.25, -0.2) is 0 Å². The van der Waals surface area contributed by atoms with Crippen molar-refractivity contribution in [1.82, 2.24) is 15.5 Å². The molecule has 6 nitrogen and oxygen atoms in total. The largest absolute Gasteiger partial charge is 0.396 e. The molecule has 0 bridgehead atoms. The number of aliphatic hydroxyl groups is 1. The third-order valence-corrected chi connectivity index (χ3v) is 3.63. The molecule has 0 radical (unpaired) electrons. The van der Waals surface area contributed by atoms with Crippen molar-refractivity contribution in [2.75, 3.05) is 18.5 Å². The summed E-state index contributed by atoms with van der Waals surface area (Å²) in [6, 6.07) is 7.46. The fourth-order valence-electron chi connectivity index (χ4n) is 2.49. The van der Waals surface area contributed by atoms with Crippen LogP contribution in [-0.2, 0) is 19.4 Å². The molecule has 4 N–H and O–H groups in total. The molecule has 1 aromatic carbocycles. The minimum absolute atomic E-state index is 0.123. The molecule has 0 unspecified atom stereocenters. The molecule has 2 heterocycles. The van der Waals surface area contributed by atoms with E-state index in [0.29, 0.717) is 18.7 Å². The summed E-state index contributed by atoms with van der Waals surface area (Å²) in [6.07, 6.45) is 1.48. The molecule has 2 aromatic rings. The normalized spacial score (nSPS) is 13.8. The van der Waals surface area contributed by atoms with Gasteiger partial charge in [-0.2, -0.15) is 5.10 Å². The Morgan fingerprint density at radius 1 is 1.33 bits per heavy atom. The molecule has 3 rings (SSSR count). The standard InChI is InChI=1S/C15H18N4O2/c20-8-6-10-1-3-11(4-2-10)17-15(21)14-12-9-16-7-5-13(12)18-19-14/h1-4,16,20H,5-9H2,(H,17,21)(H,18,19). The van der Waals surface area contributed by atoms with Gasteiger partial charge >= 0.3 is 0 Å². The number of H-pyrrole nitrogens is 1. The highest BCUT2D eigenvalue weighted by molar-refractivity contribution is 6.04. The van der Waals surface area contributed by atoms with Crippen molar-refractivity contribution < 1.29 is 9.90 Å². The second kappa shape index (κ2) is 6.07. The van der Waals surface area contributed by atoms with E-state index < -0.39 is 0 Å². The fourth-order valence-corrected chi connectivity index (χ4v) is 2.49. The molecule has 0 saturated heterocycles. The molecule has 1 aliphatic heterocycles. The number of rotatable bonds is 4. The van der Waals surface area contributed by atoms with Crippen LogP contribution >= 0.6 is 0 Å². The van der Waals surface area contributed by atoms with Gasteiger partial charge in [0, 0.05) is 43.1 Å². The van der Waals surface area contributed by atoms with Crippen LogP contribution in [0.15, 0.2) is 24.3 Å². The van der Waals surface area contributed by atoms with Crippen LogP contribution in [0.2, 0.25) is 0 Å². The van der Waals surface area contributed by atoms with E-state index >= 15 is 0 Å². The second-order valence-electron chi connectivity index (χ2n) is 5.08. The number of fused-ring (bicyclic) bond motifs is 1. The van der Waals surface area contributed by atoms with E-state index in [1.807, 2.05) is 24.3 Å². The average molecular weight is 286 g/mol. The SMILES string of the molecule is O=C(Nc1ccc(CCO)cc1)c1n[nH]c2c1CNCC2. The highest BCUT2D eigenvalue weighted by Crippen LogP contribution is 2.17. The summed E-state index contributed by atoms with van der Waals surface area (Å²) < 4.78 is 0. The second-order valence-corrected chi connectivity index (χ2v) is 5.08. The van der Waals surface area contributed by atoms with Crippen LogP contribution in [0.25, 0.3) is 0 Å². The first-order chi connectivity index (χ1) is 10.3. The van der Waals surface area contributed by atoms with Crippen molar-refractivity contribution in [1.29, 1.82) is 0 Å². The number of nitrogens with zero attached hydrogens (tertiary/aromatic N) is 1. The number of aliphatic hydroxyl groups excluding tert-OH is 1. The topological polar surface area (TPSA) is 90.0 Å². The Hall–Kier alpha value is -2.18. The first kappa shape index (κ1) is 13.8. The number of aromatic nitrogens is 2. The summed E-state index contributed by atoms with van der Waals surface area (Å²) >= 11 is 0. The molecule has 1 aliphatic rings. The Labute approximate surface area is 122 Å². The maximum atomic E-state index is 12.3. The zero-order chi connectivity index (χ0) is 14.7. The maximum absolute atomic E-state index is 12.3. The van der Waals surface area contributed by atoms with Gasteiger partial charge in [-0.3, -0.25) is 9.89 Å². The van der Waals surface area contributed by atoms with Crippen LogP contribution in [0.3, 0.4) is 0 Å². The lowest BCUT2D eigenvalue weighted by Gasteiger charge is -2.13. The van der Waals surface area contributed by atoms with E-state index in [1.54, 1.807) is 0 Å². The Bertz CT molecular complexity index is 634. The summed E-state index contributed by atoms with van der Waals surface area (Å²) in [5, 5.41) is 22.1. The van der Waals surface area contributed by atoms with Crippen molar-refractivity contribution in [2.24, 2.45) is 0 Å². The molecular formula is C15H18N4O2. The van der Waals surface area contributed by atoms with Crippen molar-refractivity contribution in [3.8, 4) is 0 Å². The maximum Gasteiger partial charge on any atom is 0.276 e. The minimum atomic E-state index is -0.203. The molecule has 0 saturated carbocycles. The molecule has 1 aromatic heterocycles. The van der Waals surface area contributed by atoms with Gasteiger partial charge < -0.3 is 15.7 Å². The van der Waals surface area contributed by atoms with Gasteiger partial charge in [0.05, 0.1) is 0 Å². The highest BCUT2D eigenvalue weighted by atomic mass is 16.3. The van der Waals surface area contributed by atoms with E-state index in [-0.39, 0.29) is 12.5 Å². The van der Waals surface area contributed by atoms with Crippen molar-refractivity contribution in [3.05, 3.63) is 46.8 Å². The van der Waals surface area contributed by atoms with E-state index in [9.17, 15) is 4.79 Å². The number of amides is 1. The lowest BCUT2D eigenvalue weighted by atomic mass is 10.1. The van der Waals surface area contributed by atoms with Crippen LogP contribution in [-0.4, -0.2) is 34.4 Å². The predicted molar refractivity (Wildman–Crippen MR) is 79.2 cm³/mol. The van der Waals surface area contributed by atoms with Crippen molar-refractivity contribution in [2.45, 2.75) is 19.4 Å². The van der Waals surface area contributed by atoms with Gasteiger partial charge in [0.1, 0.15) is 0 Å². The fraction of sp³-hybridized carbons (Fsp3) is 0.333. The number of carbonyl (C=O) groups is 1. The highest BCUT2D eigenvalue weighted by Gasteiger charge is 2.21. The van der Waals surface area contributed by atoms with Crippen LogP contribution in [0.5, 0.6) is 0 Å². The Kier molecular flexibility index (Phi) is 3.98. The molecule has 0 atom stereocenters. The van der Waals surface area contributed by atoms with Gasteiger partial charge in [-0.05, 0) is 24.1 Å². The number of benzene rings is 1. The lowest BCUT2D eigenvalue weighted by Crippen LogP contribution is -2.25. The third kappa shape index (κ3) is 2.96. The predicted octanol–water partition coefficient (Wildman–Crippen LogP) is 0.842. The number of anilines is 1. The van der Waals surface area contributed by atoms with Crippen molar-refractivity contribution in [3.63, 3.8) is 0 Å². The zero-order valence-corrected chi connectivity index (χ0v) is 11.6. The quantitative estimate of drug-likeness (QED) is 0.670. The Morgan fingerprint density at radius 2 is 2.14 bits per heavy atom. The smallest absolute Gasteiger partial charge is 0.276 e. The Balaban J connectivity index is 1.72. The third-order valence-electron chi connectivity index (χ3n) is 3.63. The van der Waals surface area contributed by atoms with Crippen LogP contribution in [0.1, 0.15) is 27.3 Å². The van der Waals surface area contributed by atoms with Crippen LogP contribution in [0, 0.1) is 0 Å². The summed E-state index contributed by atoms with van der Waals surface area (Å²) in [7, 11) is 0. The summed E-state index contributed by atoms with van der Waals surface area (Å²) in [5.74, 6) is -0.203. The molecule has 0 spiro atoms. The zero-order valence-electron chi connectivity index (χ0n) is 11.6. The molecule has 21 heavy (non-hydrogen) atoms. The first-order valence-corrected chi connectivity index (χ1v) is 7.06. The first-order valence-electron chi connectivity index (χ1n) is 7.06. The van der Waals surface area contributed by atoms with Crippen LogP contribution in [0.4, 0.5) is 5.69 Å². The number of hydrogen-bond donors (Lipinski definition) is 4. The van der Waals surface area contributed by atoms with Gasteiger partial charge in [-0.1, -0.05) is 12.1 Å². The summed E-state index contributed by atoms with van der Waals surface area (Å²) in [5.41, 5.74) is 4.21. The molecule has 1 amide bonds. The number of aromatic amines is 1. The van der Waals surface area contributed by atoms with Gasteiger partial charge in [0.25, 0.3) is 5.91 Å². The van der Waals surface area contributed by atoms with Crippen LogP contribution < -0.4 is 10.6 Å². The summed E-state index contributed by atoms with van der Waals surface area (Å²) in [6.45, 7) is 1.70. The van der Waals surface area contributed by atoms with E-state index in [1.165, 1.54) is 0 Å². The molecular weight excluding hydrogens is 268 g/mol. The van der Waals surface area contributed by atoms with E-state index in [4.69, 9.17) is 5.11 Å².